The van der Waals surface area contributed by atoms with Crippen molar-refractivity contribution in [2.45, 2.75) is 25.8 Å². The van der Waals surface area contributed by atoms with Crippen LogP contribution >= 0.6 is 11.6 Å². The van der Waals surface area contributed by atoms with Crippen molar-refractivity contribution in [2.24, 2.45) is 0 Å². The highest BCUT2D eigenvalue weighted by Crippen LogP contribution is 2.14. The summed E-state index contributed by atoms with van der Waals surface area (Å²) >= 11 is 5.79. The Morgan fingerprint density at radius 2 is 1.84 bits per heavy atom. The van der Waals surface area contributed by atoms with E-state index in [0.29, 0.717) is 11.0 Å². The van der Waals surface area contributed by atoms with Crippen LogP contribution in [0.5, 0.6) is 0 Å². The summed E-state index contributed by atoms with van der Waals surface area (Å²) < 4.78 is 1.94. The quantitative estimate of drug-likeness (QED) is 0.864. The summed E-state index contributed by atoms with van der Waals surface area (Å²) in [6.07, 6.45) is 11.3. The molecule has 0 bridgehead atoms. The van der Waals surface area contributed by atoms with Crippen LogP contribution < -0.4 is 0 Å². The van der Waals surface area contributed by atoms with E-state index < -0.39 is 0 Å². The zero-order valence-electron chi connectivity index (χ0n) is 10.8. The summed E-state index contributed by atoms with van der Waals surface area (Å²) in [5.41, 5.74) is 1.31. The van der Waals surface area contributed by atoms with Gasteiger partial charge in [-0.3, -0.25) is 9.47 Å². The van der Waals surface area contributed by atoms with Crippen LogP contribution in [-0.2, 0) is 6.54 Å². The Kier molecular flexibility index (Phi) is 3.80. The highest BCUT2D eigenvalue weighted by molar-refractivity contribution is 6.30. The molecule has 0 spiro atoms. The minimum absolute atomic E-state index is 0.560. The Bertz CT molecular complexity index is 529. The van der Waals surface area contributed by atoms with Gasteiger partial charge in [-0.1, -0.05) is 18.0 Å². The summed E-state index contributed by atoms with van der Waals surface area (Å²) in [4.78, 5) is 10.9. The lowest BCUT2D eigenvalue weighted by Gasteiger charge is -2.25. The molecule has 0 amide bonds. The third kappa shape index (κ3) is 3.14. The molecule has 0 radical (unpaired) electrons. The van der Waals surface area contributed by atoms with Gasteiger partial charge in [-0.05, 0) is 37.6 Å². The molecule has 2 aromatic rings. The van der Waals surface area contributed by atoms with Crippen molar-refractivity contribution in [3.8, 4) is 5.95 Å². The number of aromatic nitrogens is 3. The maximum atomic E-state index is 5.79. The molecule has 0 aliphatic carbocycles. The molecule has 0 aromatic carbocycles. The number of nitrogens with zero attached hydrogens (tertiary/aromatic N) is 4. The van der Waals surface area contributed by atoms with Gasteiger partial charge in [-0.25, -0.2) is 9.97 Å². The molecule has 4 nitrogen and oxygen atoms in total. The second-order valence-corrected chi connectivity index (χ2v) is 5.40. The van der Waals surface area contributed by atoms with Gasteiger partial charge in [0, 0.05) is 18.9 Å². The fraction of sp³-hybridized carbons (Fsp3) is 0.429. The predicted octanol–water partition coefficient (Wildman–Crippen LogP) is 2.91. The van der Waals surface area contributed by atoms with Gasteiger partial charge in [0.25, 0.3) is 0 Å². The summed E-state index contributed by atoms with van der Waals surface area (Å²) in [5.74, 6) is 0.661. The number of likely N-dealkylation sites (tertiary alicyclic amines) is 1. The zero-order chi connectivity index (χ0) is 13.1. The van der Waals surface area contributed by atoms with Crippen LogP contribution in [0.25, 0.3) is 5.95 Å². The lowest BCUT2D eigenvalue weighted by atomic mass is 10.1. The summed E-state index contributed by atoms with van der Waals surface area (Å²) in [7, 11) is 0. The third-order valence-corrected chi connectivity index (χ3v) is 3.64. The normalized spacial score (nSPS) is 16.7. The molecule has 0 saturated carbocycles. The lowest BCUT2D eigenvalue weighted by molar-refractivity contribution is 0.221. The Balaban J connectivity index is 1.70. The van der Waals surface area contributed by atoms with Gasteiger partial charge < -0.3 is 0 Å². The SMILES string of the molecule is Clc1cnc(-n2ccc(CN3CCCCC3)c2)nc1. The highest BCUT2D eigenvalue weighted by Gasteiger charge is 2.11. The molecule has 1 aliphatic heterocycles. The molecule has 0 atom stereocenters. The van der Waals surface area contributed by atoms with E-state index in [9.17, 15) is 0 Å². The van der Waals surface area contributed by atoms with Crippen LogP contribution in [0, 0.1) is 0 Å². The van der Waals surface area contributed by atoms with Gasteiger partial charge in [-0.2, -0.15) is 0 Å². The monoisotopic (exact) mass is 276 g/mol. The lowest BCUT2D eigenvalue weighted by Crippen LogP contribution is -2.28. The van der Waals surface area contributed by atoms with E-state index in [2.05, 4.69) is 27.1 Å². The van der Waals surface area contributed by atoms with Crippen molar-refractivity contribution in [3.63, 3.8) is 0 Å². The van der Waals surface area contributed by atoms with Crippen molar-refractivity contribution < 1.29 is 0 Å². The van der Waals surface area contributed by atoms with Crippen molar-refractivity contribution in [1.82, 2.24) is 19.4 Å². The number of hydrogen-bond donors (Lipinski definition) is 0. The number of rotatable bonds is 3. The Morgan fingerprint density at radius 1 is 1.11 bits per heavy atom. The first-order chi connectivity index (χ1) is 9.31. The molecule has 0 unspecified atom stereocenters. The van der Waals surface area contributed by atoms with E-state index >= 15 is 0 Å². The van der Waals surface area contributed by atoms with E-state index in [-0.39, 0.29) is 0 Å². The molecule has 1 saturated heterocycles. The second-order valence-electron chi connectivity index (χ2n) is 4.97. The maximum Gasteiger partial charge on any atom is 0.233 e. The van der Waals surface area contributed by atoms with Crippen LogP contribution in [0.1, 0.15) is 24.8 Å². The smallest absolute Gasteiger partial charge is 0.233 e. The van der Waals surface area contributed by atoms with Crippen LogP contribution in [0.4, 0.5) is 0 Å². The second kappa shape index (κ2) is 5.72. The largest absolute Gasteiger partial charge is 0.299 e. The Labute approximate surface area is 118 Å². The molecule has 100 valence electrons. The minimum Gasteiger partial charge on any atom is -0.299 e. The molecule has 2 aromatic heterocycles. The van der Waals surface area contributed by atoms with Crippen LogP contribution in [0.2, 0.25) is 5.02 Å². The number of halogens is 1. The highest BCUT2D eigenvalue weighted by atomic mass is 35.5. The van der Waals surface area contributed by atoms with Crippen molar-refractivity contribution in [3.05, 3.63) is 41.4 Å². The molecule has 0 N–H and O–H groups in total. The van der Waals surface area contributed by atoms with E-state index in [0.717, 1.165) is 6.54 Å². The predicted molar refractivity (Wildman–Crippen MR) is 75.5 cm³/mol. The van der Waals surface area contributed by atoms with E-state index in [4.69, 9.17) is 11.6 Å². The standard InChI is InChI=1S/C14H17ClN4/c15-13-8-16-14(17-9-13)19-7-4-12(11-19)10-18-5-2-1-3-6-18/h4,7-9,11H,1-3,5-6,10H2. The van der Waals surface area contributed by atoms with Gasteiger partial charge in [0.05, 0.1) is 17.4 Å². The molecule has 3 heterocycles. The topological polar surface area (TPSA) is 34.0 Å². The van der Waals surface area contributed by atoms with E-state index in [1.54, 1.807) is 12.4 Å². The van der Waals surface area contributed by atoms with Gasteiger partial charge in [0.15, 0.2) is 0 Å². The fourth-order valence-corrected chi connectivity index (χ4v) is 2.57. The van der Waals surface area contributed by atoms with Crippen molar-refractivity contribution in [1.29, 1.82) is 0 Å². The first-order valence-electron chi connectivity index (χ1n) is 6.68. The van der Waals surface area contributed by atoms with E-state index in [1.165, 1.54) is 37.9 Å². The molecule has 5 heteroatoms. The minimum atomic E-state index is 0.560. The molecule has 1 fully saturated rings. The van der Waals surface area contributed by atoms with Gasteiger partial charge in [0.2, 0.25) is 5.95 Å². The third-order valence-electron chi connectivity index (χ3n) is 3.45. The van der Waals surface area contributed by atoms with Crippen LogP contribution in [-0.4, -0.2) is 32.5 Å². The first-order valence-corrected chi connectivity index (χ1v) is 7.06. The van der Waals surface area contributed by atoms with Gasteiger partial charge in [0.1, 0.15) is 0 Å². The Hall–Kier alpha value is -1.39. The first kappa shape index (κ1) is 12.6. The maximum absolute atomic E-state index is 5.79. The molecule has 3 rings (SSSR count). The van der Waals surface area contributed by atoms with Crippen LogP contribution in [0.3, 0.4) is 0 Å². The number of piperidine rings is 1. The summed E-state index contributed by atoms with van der Waals surface area (Å²) in [5, 5.41) is 0.560. The fourth-order valence-electron chi connectivity index (χ4n) is 2.47. The zero-order valence-corrected chi connectivity index (χ0v) is 11.6. The van der Waals surface area contributed by atoms with Gasteiger partial charge in [-0.15, -0.1) is 0 Å². The van der Waals surface area contributed by atoms with Crippen LogP contribution in [0.15, 0.2) is 30.9 Å². The summed E-state index contributed by atoms with van der Waals surface area (Å²) in [6, 6.07) is 2.13. The van der Waals surface area contributed by atoms with Crippen molar-refractivity contribution in [2.75, 3.05) is 13.1 Å². The summed E-state index contributed by atoms with van der Waals surface area (Å²) in [6.45, 7) is 3.44. The molecular weight excluding hydrogens is 260 g/mol. The molecule has 19 heavy (non-hydrogen) atoms. The van der Waals surface area contributed by atoms with Gasteiger partial charge >= 0.3 is 0 Å². The number of hydrogen-bond acceptors (Lipinski definition) is 3. The Morgan fingerprint density at radius 3 is 2.58 bits per heavy atom. The molecule has 1 aliphatic rings. The van der Waals surface area contributed by atoms with E-state index in [1.807, 2.05) is 10.8 Å². The average molecular weight is 277 g/mol. The average Bonchev–Trinajstić information content (AvgIpc) is 2.89. The van der Waals surface area contributed by atoms with Crippen molar-refractivity contribution >= 4 is 11.6 Å². The molecular formula is C14H17ClN4.